The van der Waals surface area contributed by atoms with Gasteiger partial charge in [-0.1, -0.05) is 132 Å². The second kappa shape index (κ2) is 9.18. The maximum Gasteiger partial charge on any atom is 0.0435 e. The SMILES string of the molecule is C#Cc1ccc(C(C)(c2cc(C(C)(C)C)c3cccccc2-3)c2cc(C(C)(C)C)c3cccccc2-3)cc1. The van der Waals surface area contributed by atoms with Gasteiger partial charge in [-0.05, 0) is 80.0 Å². The number of rotatable bonds is 3. The molecule has 0 saturated carbocycles. The highest BCUT2D eigenvalue weighted by Crippen LogP contribution is 2.53. The molecule has 0 saturated heterocycles. The Kier molecular flexibility index (Phi) is 6.24. The highest BCUT2D eigenvalue weighted by molar-refractivity contribution is 5.84. The molecule has 0 heteroatoms. The first-order valence-electron chi connectivity index (χ1n) is 13.6. The lowest BCUT2D eigenvalue weighted by Gasteiger charge is -2.32. The van der Waals surface area contributed by atoms with Crippen LogP contribution in [-0.2, 0) is 16.2 Å². The standard InChI is InChI=1S/C38H38/c1-9-26-20-22-27(23-21-26)38(8,34-24-32(36(2,3)4)28-16-12-10-14-18-30(28)34)35-25-33(37(5,6)7)29-17-13-11-15-19-31(29)35/h1,10-25H,2-8H3. The van der Waals surface area contributed by atoms with Gasteiger partial charge < -0.3 is 0 Å². The van der Waals surface area contributed by atoms with Crippen LogP contribution in [0.25, 0.3) is 22.3 Å². The van der Waals surface area contributed by atoms with Crippen molar-refractivity contribution in [3.8, 4) is 34.6 Å². The Morgan fingerprint density at radius 3 is 1.18 bits per heavy atom. The van der Waals surface area contributed by atoms with E-state index in [1.54, 1.807) is 0 Å². The number of terminal acetylenes is 1. The topological polar surface area (TPSA) is 0 Å². The summed E-state index contributed by atoms with van der Waals surface area (Å²) in [6, 6.07) is 35.6. The molecule has 0 aliphatic heterocycles. The minimum atomic E-state index is -0.403. The minimum Gasteiger partial charge on any atom is -0.115 e. The largest absolute Gasteiger partial charge is 0.115 e. The van der Waals surface area contributed by atoms with E-state index in [1.165, 1.54) is 50.1 Å². The van der Waals surface area contributed by atoms with Gasteiger partial charge in [0.25, 0.3) is 0 Å². The molecule has 0 atom stereocenters. The van der Waals surface area contributed by atoms with E-state index in [1.807, 2.05) is 0 Å². The van der Waals surface area contributed by atoms with Crippen LogP contribution < -0.4 is 0 Å². The normalized spacial score (nSPS) is 12.6. The van der Waals surface area contributed by atoms with Crippen LogP contribution in [0.4, 0.5) is 0 Å². The predicted molar refractivity (Wildman–Crippen MR) is 163 cm³/mol. The lowest BCUT2D eigenvalue weighted by atomic mass is 9.69. The fraction of sp³-hybridized carbons (Fsp3) is 0.263. The fourth-order valence-electron chi connectivity index (χ4n) is 6.06. The van der Waals surface area contributed by atoms with Crippen LogP contribution in [0.5, 0.6) is 0 Å². The van der Waals surface area contributed by atoms with Crippen molar-refractivity contribution < 1.29 is 0 Å². The van der Waals surface area contributed by atoms with E-state index in [0.29, 0.717) is 0 Å². The van der Waals surface area contributed by atoms with Crippen molar-refractivity contribution in [2.45, 2.75) is 64.7 Å². The average molecular weight is 495 g/mol. The number of hydrogen-bond donors (Lipinski definition) is 0. The van der Waals surface area contributed by atoms with Crippen molar-refractivity contribution in [2.75, 3.05) is 0 Å². The van der Waals surface area contributed by atoms with E-state index in [2.05, 4.69) is 151 Å². The highest BCUT2D eigenvalue weighted by atomic mass is 14.4. The van der Waals surface area contributed by atoms with Gasteiger partial charge in [-0.25, -0.2) is 0 Å². The number of benzene rings is 1. The molecule has 0 fully saturated rings. The van der Waals surface area contributed by atoms with Gasteiger partial charge in [-0.15, -0.1) is 6.42 Å². The lowest BCUT2D eigenvalue weighted by molar-refractivity contribution is 0.591. The van der Waals surface area contributed by atoms with Gasteiger partial charge in [0.2, 0.25) is 0 Å². The molecule has 190 valence electrons. The lowest BCUT2D eigenvalue weighted by Crippen LogP contribution is -2.25. The van der Waals surface area contributed by atoms with Crippen molar-refractivity contribution in [1.82, 2.24) is 0 Å². The highest BCUT2D eigenvalue weighted by Gasteiger charge is 2.40. The molecule has 0 bridgehead atoms. The van der Waals surface area contributed by atoms with Gasteiger partial charge in [0.15, 0.2) is 0 Å². The summed E-state index contributed by atoms with van der Waals surface area (Å²) < 4.78 is 0. The first-order chi connectivity index (χ1) is 18.0. The summed E-state index contributed by atoms with van der Waals surface area (Å²) in [7, 11) is 0. The Morgan fingerprint density at radius 2 is 0.842 bits per heavy atom. The zero-order valence-electron chi connectivity index (χ0n) is 23.8. The Labute approximate surface area is 229 Å². The zero-order valence-corrected chi connectivity index (χ0v) is 23.8. The van der Waals surface area contributed by atoms with Crippen LogP contribution in [0.1, 0.15) is 81.8 Å². The summed E-state index contributed by atoms with van der Waals surface area (Å²) in [4.78, 5) is 0. The molecule has 0 unspecified atom stereocenters. The summed E-state index contributed by atoms with van der Waals surface area (Å²) >= 11 is 0. The third-order valence-electron chi connectivity index (χ3n) is 8.14. The molecule has 38 heavy (non-hydrogen) atoms. The van der Waals surface area contributed by atoms with Gasteiger partial charge in [0, 0.05) is 11.0 Å². The van der Waals surface area contributed by atoms with E-state index in [9.17, 15) is 0 Å². The summed E-state index contributed by atoms with van der Waals surface area (Å²) in [6.07, 6.45) is 5.76. The third kappa shape index (κ3) is 4.21. The molecule has 0 heterocycles. The second-order valence-corrected chi connectivity index (χ2v) is 12.8. The smallest absolute Gasteiger partial charge is 0.0435 e. The fourth-order valence-corrected chi connectivity index (χ4v) is 6.06. The van der Waals surface area contributed by atoms with Crippen LogP contribution in [0.15, 0.2) is 97.1 Å². The monoisotopic (exact) mass is 494 g/mol. The molecular weight excluding hydrogens is 456 g/mol. The van der Waals surface area contributed by atoms with Crippen LogP contribution >= 0.6 is 0 Å². The van der Waals surface area contributed by atoms with Crippen molar-refractivity contribution in [1.29, 1.82) is 0 Å². The molecule has 0 aromatic heterocycles. The van der Waals surface area contributed by atoms with Gasteiger partial charge in [0.1, 0.15) is 0 Å². The number of hydrogen-bond acceptors (Lipinski definition) is 0. The maximum absolute atomic E-state index is 5.76. The molecule has 0 radical (unpaired) electrons. The van der Waals surface area contributed by atoms with E-state index < -0.39 is 5.41 Å². The van der Waals surface area contributed by atoms with Gasteiger partial charge in [0.05, 0.1) is 0 Å². The van der Waals surface area contributed by atoms with Crippen molar-refractivity contribution >= 4 is 0 Å². The molecule has 0 nitrogen and oxygen atoms in total. The van der Waals surface area contributed by atoms with Gasteiger partial charge in [-0.2, -0.15) is 0 Å². The van der Waals surface area contributed by atoms with E-state index in [4.69, 9.17) is 6.42 Å². The number of fused-ring (bicyclic) bond motifs is 2. The summed E-state index contributed by atoms with van der Waals surface area (Å²) in [5, 5.41) is 0. The first kappa shape index (κ1) is 25.8. The van der Waals surface area contributed by atoms with Gasteiger partial charge in [-0.3, -0.25) is 0 Å². The molecule has 1 aromatic rings. The predicted octanol–water partition coefficient (Wildman–Crippen LogP) is 9.83. The maximum atomic E-state index is 5.76. The second-order valence-electron chi connectivity index (χ2n) is 12.8. The van der Waals surface area contributed by atoms with E-state index >= 15 is 0 Å². The molecule has 0 spiro atoms. The molecular formula is C38H38. The Bertz CT molecular complexity index is 1480. The van der Waals surface area contributed by atoms with Crippen molar-refractivity contribution in [2.24, 2.45) is 0 Å². The molecule has 4 aliphatic rings. The van der Waals surface area contributed by atoms with E-state index in [0.717, 1.165) is 5.56 Å². The third-order valence-corrected chi connectivity index (χ3v) is 8.14. The summed E-state index contributed by atoms with van der Waals surface area (Å²) in [5.74, 6) is 2.80. The quantitative estimate of drug-likeness (QED) is 0.219. The van der Waals surface area contributed by atoms with E-state index in [-0.39, 0.29) is 10.8 Å². The molecule has 5 rings (SSSR count). The Hall–Kier alpha value is -3.82. The van der Waals surface area contributed by atoms with Crippen LogP contribution in [0.3, 0.4) is 0 Å². The van der Waals surface area contributed by atoms with Crippen LogP contribution in [0, 0.1) is 12.3 Å². The summed E-state index contributed by atoms with van der Waals surface area (Å²) in [5.41, 5.74) is 12.4. The van der Waals surface area contributed by atoms with Gasteiger partial charge >= 0.3 is 0 Å². The van der Waals surface area contributed by atoms with Crippen molar-refractivity contribution in [3.05, 3.63) is 130 Å². The molecule has 0 amide bonds. The Morgan fingerprint density at radius 1 is 0.474 bits per heavy atom. The molecule has 4 aliphatic carbocycles. The average Bonchev–Trinajstić information content (AvgIpc) is 3.21. The zero-order chi connectivity index (χ0) is 27.3. The summed E-state index contributed by atoms with van der Waals surface area (Å²) in [6.45, 7) is 16.3. The first-order valence-corrected chi connectivity index (χ1v) is 13.6. The van der Waals surface area contributed by atoms with Crippen molar-refractivity contribution in [3.63, 3.8) is 0 Å². The Balaban J connectivity index is 1.93. The minimum absolute atomic E-state index is 0.0101. The van der Waals surface area contributed by atoms with Crippen LogP contribution in [-0.4, -0.2) is 0 Å². The molecule has 0 N–H and O–H groups in total. The van der Waals surface area contributed by atoms with Crippen LogP contribution in [0.2, 0.25) is 0 Å². The molecule has 1 aromatic carbocycles.